The van der Waals surface area contributed by atoms with Crippen molar-refractivity contribution in [2.45, 2.75) is 25.2 Å². The number of nitrogens with one attached hydrogen (secondary N) is 1. The predicted octanol–water partition coefficient (Wildman–Crippen LogP) is 3.01. The van der Waals surface area contributed by atoms with E-state index in [9.17, 15) is 4.79 Å². The summed E-state index contributed by atoms with van der Waals surface area (Å²) in [6.07, 6.45) is 2.72. The molecule has 5 nitrogen and oxygen atoms in total. The lowest BCUT2D eigenvalue weighted by Crippen LogP contribution is -2.15. The van der Waals surface area contributed by atoms with Gasteiger partial charge in [-0.2, -0.15) is 0 Å². The fraction of sp³-hybridized carbons (Fsp3) is 0.333. The number of hydrogen-bond donors (Lipinski definition) is 2. The van der Waals surface area contributed by atoms with E-state index in [0.29, 0.717) is 35.5 Å². The number of anilines is 2. The van der Waals surface area contributed by atoms with Crippen LogP contribution in [-0.2, 0) is 4.79 Å². The van der Waals surface area contributed by atoms with Gasteiger partial charge in [0.25, 0.3) is 0 Å². The molecular formula is C15H17N3O2S. The van der Waals surface area contributed by atoms with Crippen molar-refractivity contribution >= 4 is 28.1 Å². The van der Waals surface area contributed by atoms with Gasteiger partial charge in [0, 0.05) is 17.0 Å². The Morgan fingerprint density at radius 3 is 2.86 bits per heavy atom. The van der Waals surface area contributed by atoms with Gasteiger partial charge in [0.1, 0.15) is 5.75 Å². The molecular weight excluding hydrogens is 286 g/mol. The number of ether oxygens (including phenoxy) is 1. The summed E-state index contributed by atoms with van der Waals surface area (Å²) in [6.45, 7) is 0.330. The van der Waals surface area contributed by atoms with Crippen LogP contribution in [0.2, 0.25) is 0 Å². The second-order valence-electron chi connectivity index (χ2n) is 5.07. The fourth-order valence-corrected chi connectivity index (χ4v) is 2.73. The Morgan fingerprint density at radius 2 is 2.14 bits per heavy atom. The predicted molar refractivity (Wildman–Crippen MR) is 83.7 cm³/mol. The molecule has 0 unspecified atom stereocenters. The average Bonchev–Trinajstić information content (AvgIpc) is 3.22. The zero-order valence-corrected chi connectivity index (χ0v) is 12.4. The van der Waals surface area contributed by atoms with Crippen molar-refractivity contribution in [2.24, 2.45) is 0 Å². The maximum absolute atomic E-state index is 11.8. The Bertz CT molecular complexity index is 620. The number of aromatic nitrogens is 1. The first-order valence-corrected chi connectivity index (χ1v) is 7.82. The standard InChI is InChI=1S/C15H17N3O2S/c16-11-3-5-12(6-4-11)20-8-7-14(19)18-15-17-13(9-21-15)10-1-2-10/h3-6,9-10H,1-2,7-8,16H2,(H,17,18,19). The molecule has 1 saturated carbocycles. The lowest BCUT2D eigenvalue weighted by Gasteiger charge is -2.06. The van der Waals surface area contributed by atoms with Gasteiger partial charge in [-0.1, -0.05) is 0 Å². The molecule has 0 radical (unpaired) electrons. The van der Waals surface area contributed by atoms with E-state index in [-0.39, 0.29) is 5.91 Å². The first-order chi connectivity index (χ1) is 10.2. The van der Waals surface area contributed by atoms with Crippen LogP contribution in [0.5, 0.6) is 5.75 Å². The summed E-state index contributed by atoms with van der Waals surface area (Å²) in [7, 11) is 0. The van der Waals surface area contributed by atoms with E-state index in [1.807, 2.05) is 5.38 Å². The third-order valence-corrected chi connectivity index (χ3v) is 4.02. The summed E-state index contributed by atoms with van der Waals surface area (Å²) in [5.41, 5.74) is 7.39. The van der Waals surface area contributed by atoms with Gasteiger partial charge in [0.15, 0.2) is 5.13 Å². The van der Waals surface area contributed by atoms with Gasteiger partial charge in [-0.15, -0.1) is 11.3 Å². The number of nitrogens with zero attached hydrogens (tertiary/aromatic N) is 1. The summed E-state index contributed by atoms with van der Waals surface area (Å²) in [5.74, 6) is 1.24. The first kappa shape index (κ1) is 13.9. The molecule has 1 aliphatic carbocycles. The highest BCUT2D eigenvalue weighted by atomic mass is 32.1. The van der Waals surface area contributed by atoms with Crippen molar-refractivity contribution in [1.29, 1.82) is 0 Å². The van der Waals surface area contributed by atoms with Gasteiger partial charge in [-0.3, -0.25) is 4.79 Å². The molecule has 3 N–H and O–H groups in total. The van der Waals surface area contributed by atoms with E-state index < -0.39 is 0 Å². The lowest BCUT2D eigenvalue weighted by atomic mass is 10.3. The third kappa shape index (κ3) is 3.95. The minimum atomic E-state index is -0.0814. The van der Waals surface area contributed by atoms with Gasteiger partial charge in [0.05, 0.1) is 18.7 Å². The number of thiazole rings is 1. The summed E-state index contributed by atoms with van der Waals surface area (Å²) in [6, 6.07) is 7.11. The SMILES string of the molecule is Nc1ccc(OCCC(=O)Nc2nc(C3CC3)cs2)cc1. The monoisotopic (exact) mass is 303 g/mol. The Labute approximate surface area is 127 Å². The first-order valence-electron chi connectivity index (χ1n) is 6.94. The van der Waals surface area contributed by atoms with Gasteiger partial charge in [-0.05, 0) is 37.1 Å². The number of amides is 1. The van der Waals surface area contributed by atoms with Crippen LogP contribution in [0.1, 0.15) is 30.9 Å². The normalized spacial score (nSPS) is 13.9. The average molecular weight is 303 g/mol. The largest absolute Gasteiger partial charge is 0.493 e. The maximum atomic E-state index is 11.8. The van der Waals surface area contributed by atoms with Crippen LogP contribution in [-0.4, -0.2) is 17.5 Å². The van der Waals surface area contributed by atoms with Crippen molar-refractivity contribution in [2.75, 3.05) is 17.7 Å². The topological polar surface area (TPSA) is 77.2 Å². The molecule has 1 fully saturated rings. The number of hydrogen-bond acceptors (Lipinski definition) is 5. The fourth-order valence-electron chi connectivity index (χ4n) is 1.92. The van der Waals surface area contributed by atoms with E-state index in [2.05, 4.69) is 10.3 Å². The van der Waals surface area contributed by atoms with Crippen molar-refractivity contribution in [1.82, 2.24) is 4.98 Å². The van der Waals surface area contributed by atoms with Gasteiger partial charge in [-0.25, -0.2) is 4.98 Å². The number of nitrogen functional groups attached to an aromatic ring is 1. The molecule has 2 aromatic rings. The number of carbonyl (C=O) groups excluding carboxylic acids is 1. The van der Waals surface area contributed by atoms with Crippen LogP contribution in [0.15, 0.2) is 29.6 Å². The number of nitrogens with two attached hydrogens (primary N) is 1. The van der Waals surface area contributed by atoms with E-state index in [0.717, 1.165) is 5.69 Å². The van der Waals surface area contributed by atoms with Crippen molar-refractivity contribution in [3.05, 3.63) is 35.3 Å². The summed E-state index contributed by atoms with van der Waals surface area (Å²) in [5, 5.41) is 5.51. The molecule has 6 heteroatoms. The zero-order chi connectivity index (χ0) is 14.7. The summed E-state index contributed by atoms with van der Waals surface area (Å²) >= 11 is 1.48. The highest BCUT2D eigenvalue weighted by Crippen LogP contribution is 2.40. The summed E-state index contributed by atoms with van der Waals surface area (Å²) < 4.78 is 5.49. The van der Waals surface area contributed by atoms with Crippen LogP contribution in [0.25, 0.3) is 0 Å². The number of carbonyl (C=O) groups is 1. The molecule has 21 heavy (non-hydrogen) atoms. The molecule has 0 aliphatic heterocycles. The molecule has 1 aliphatic rings. The quantitative estimate of drug-likeness (QED) is 0.804. The molecule has 110 valence electrons. The summed E-state index contributed by atoms with van der Waals surface area (Å²) in [4.78, 5) is 16.2. The van der Waals surface area contributed by atoms with Crippen LogP contribution >= 0.6 is 11.3 Å². The maximum Gasteiger partial charge on any atom is 0.229 e. The lowest BCUT2D eigenvalue weighted by molar-refractivity contribution is -0.116. The molecule has 1 aromatic heterocycles. The Balaban J connectivity index is 1.42. The number of rotatable bonds is 6. The molecule has 0 bridgehead atoms. The van der Waals surface area contributed by atoms with Gasteiger partial charge in [0.2, 0.25) is 5.91 Å². The molecule has 3 rings (SSSR count). The minimum absolute atomic E-state index is 0.0814. The highest BCUT2D eigenvalue weighted by Gasteiger charge is 2.26. The highest BCUT2D eigenvalue weighted by molar-refractivity contribution is 7.13. The molecule has 0 saturated heterocycles. The van der Waals surface area contributed by atoms with E-state index in [4.69, 9.17) is 10.5 Å². The van der Waals surface area contributed by atoms with Crippen molar-refractivity contribution in [3.63, 3.8) is 0 Å². The van der Waals surface area contributed by atoms with Crippen LogP contribution in [0.4, 0.5) is 10.8 Å². The molecule has 0 spiro atoms. The van der Waals surface area contributed by atoms with Gasteiger partial charge >= 0.3 is 0 Å². The Hall–Kier alpha value is -2.08. The second-order valence-corrected chi connectivity index (χ2v) is 5.93. The molecule has 1 aromatic carbocycles. The zero-order valence-electron chi connectivity index (χ0n) is 11.5. The molecule has 1 amide bonds. The van der Waals surface area contributed by atoms with Crippen molar-refractivity contribution < 1.29 is 9.53 Å². The van der Waals surface area contributed by atoms with Crippen LogP contribution in [0, 0.1) is 0 Å². The third-order valence-electron chi connectivity index (χ3n) is 3.24. The molecule has 1 heterocycles. The Morgan fingerprint density at radius 1 is 1.38 bits per heavy atom. The van der Waals surface area contributed by atoms with E-state index in [1.165, 1.54) is 24.2 Å². The molecule has 0 atom stereocenters. The van der Waals surface area contributed by atoms with E-state index >= 15 is 0 Å². The number of benzene rings is 1. The minimum Gasteiger partial charge on any atom is -0.493 e. The second kappa shape index (κ2) is 6.13. The van der Waals surface area contributed by atoms with Crippen molar-refractivity contribution in [3.8, 4) is 5.75 Å². The van der Waals surface area contributed by atoms with Crippen LogP contribution < -0.4 is 15.8 Å². The van der Waals surface area contributed by atoms with Gasteiger partial charge < -0.3 is 15.8 Å². The smallest absolute Gasteiger partial charge is 0.229 e. The Kier molecular flexibility index (Phi) is 4.06. The van der Waals surface area contributed by atoms with Crippen LogP contribution in [0.3, 0.4) is 0 Å². The van der Waals surface area contributed by atoms with E-state index in [1.54, 1.807) is 24.3 Å².